The third-order valence-corrected chi connectivity index (χ3v) is 4.88. The number of alkyl halides is 1. The van der Waals surface area contributed by atoms with Gasteiger partial charge in [0.05, 0.1) is 0 Å². The van der Waals surface area contributed by atoms with E-state index in [9.17, 15) is 8.42 Å². The Bertz CT molecular complexity index is 474. The van der Waals surface area contributed by atoms with E-state index in [4.69, 9.17) is 0 Å². The molecule has 1 heterocycles. The molecule has 0 radical (unpaired) electrons. The predicted molar refractivity (Wildman–Crippen MR) is 76.8 cm³/mol. The average Bonchev–Trinajstić information content (AvgIpc) is 2.35. The van der Waals surface area contributed by atoms with Crippen LogP contribution < -0.4 is 4.90 Å². The van der Waals surface area contributed by atoms with Gasteiger partial charge in [-0.2, -0.15) is 0 Å². The number of pyridine rings is 1. The molecule has 0 saturated carbocycles. The molecule has 0 atom stereocenters. The van der Waals surface area contributed by atoms with Crippen LogP contribution in [0.2, 0.25) is 0 Å². The normalized spacial score (nSPS) is 11.8. The fourth-order valence-corrected chi connectivity index (χ4v) is 2.47. The summed E-state index contributed by atoms with van der Waals surface area (Å²) in [6, 6.07) is 3.31. The van der Waals surface area contributed by atoms with Gasteiger partial charge in [0.15, 0.2) is 0 Å². The molecular formula is C11H18BrN3O2S. The van der Waals surface area contributed by atoms with Crippen LogP contribution in [0.4, 0.5) is 5.82 Å². The van der Waals surface area contributed by atoms with Crippen molar-refractivity contribution in [3.05, 3.63) is 18.3 Å². The molecule has 0 N–H and O–H groups in total. The first-order valence-electron chi connectivity index (χ1n) is 5.55. The van der Waals surface area contributed by atoms with Crippen molar-refractivity contribution in [2.24, 2.45) is 0 Å². The highest BCUT2D eigenvalue weighted by Gasteiger charge is 2.17. The van der Waals surface area contributed by atoms with Crippen molar-refractivity contribution in [1.82, 2.24) is 9.29 Å². The highest BCUT2D eigenvalue weighted by Crippen LogP contribution is 2.15. The Kier molecular flexibility index (Phi) is 5.55. The van der Waals surface area contributed by atoms with Crippen LogP contribution in [0.3, 0.4) is 0 Å². The predicted octanol–water partition coefficient (Wildman–Crippen LogP) is 1.55. The maximum absolute atomic E-state index is 11.9. The highest BCUT2D eigenvalue weighted by molar-refractivity contribution is 9.09. The molecule has 0 aliphatic carbocycles. The van der Waals surface area contributed by atoms with Gasteiger partial charge in [0, 0.05) is 39.2 Å². The minimum Gasteiger partial charge on any atom is -0.360 e. The van der Waals surface area contributed by atoms with E-state index in [-0.39, 0.29) is 4.90 Å². The summed E-state index contributed by atoms with van der Waals surface area (Å²) in [5.74, 6) is 0.772. The van der Waals surface area contributed by atoms with Crippen molar-refractivity contribution in [3.63, 3.8) is 0 Å². The second kappa shape index (κ2) is 6.49. The van der Waals surface area contributed by atoms with E-state index in [2.05, 4.69) is 20.9 Å². The van der Waals surface area contributed by atoms with E-state index in [1.165, 1.54) is 24.6 Å². The van der Waals surface area contributed by atoms with Crippen molar-refractivity contribution in [2.45, 2.75) is 11.3 Å². The van der Waals surface area contributed by atoms with Gasteiger partial charge in [0.25, 0.3) is 0 Å². The molecule has 0 aliphatic heterocycles. The summed E-state index contributed by atoms with van der Waals surface area (Å²) < 4.78 is 24.9. The molecule has 1 aromatic rings. The summed E-state index contributed by atoms with van der Waals surface area (Å²) in [5.41, 5.74) is 0. The summed E-state index contributed by atoms with van der Waals surface area (Å²) in [7, 11) is 1.55. The standard InChI is InChI=1S/C11H18BrN3O2S/c1-14(2)18(16,17)10-5-6-11(13-9-10)15(3)8-4-7-12/h5-6,9H,4,7-8H2,1-3H3. The molecule has 18 heavy (non-hydrogen) atoms. The third kappa shape index (κ3) is 3.66. The number of hydrogen-bond donors (Lipinski definition) is 0. The second-order valence-electron chi connectivity index (χ2n) is 4.10. The van der Waals surface area contributed by atoms with Gasteiger partial charge < -0.3 is 4.90 Å². The molecule has 5 nitrogen and oxygen atoms in total. The lowest BCUT2D eigenvalue weighted by atomic mass is 10.4. The smallest absolute Gasteiger partial charge is 0.244 e. The molecule has 0 amide bonds. The molecule has 7 heteroatoms. The van der Waals surface area contributed by atoms with Gasteiger partial charge in [0.2, 0.25) is 10.0 Å². The summed E-state index contributed by atoms with van der Waals surface area (Å²) in [5, 5.41) is 0.935. The lowest BCUT2D eigenvalue weighted by Gasteiger charge is -2.18. The molecular weight excluding hydrogens is 318 g/mol. The van der Waals surface area contributed by atoms with Crippen molar-refractivity contribution < 1.29 is 8.42 Å². The fraction of sp³-hybridized carbons (Fsp3) is 0.545. The lowest BCUT2D eigenvalue weighted by molar-refractivity contribution is 0.520. The lowest BCUT2D eigenvalue weighted by Crippen LogP contribution is -2.23. The molecule has 1 aromatic heterocycles. The maximum atomic E-state index is 11.9. The summed E-state index contributed by atoms with van der Waals surface area (Å²) in [6.45, 7) is 0.873. The van der Waals surface area contributed by atoms with Gasteiger partial charge in [0.1, 0.15) is 10.7 Å². The molecule has 0 saturated heterocycles. The molecule has 102 valence electrons. The Balaban J connectivity index is 2.87. The molecule has 0 spiro atoms. The van der Waals surface area contributed by atoms with Crippen LogP contribution in [0.15, 0.2) is 23.2 Å². The molecule has 0 bridgehead atoms. The van der Waals surface area contributed by atoms with E-state index < -0.39 is 10.0 Å². The van der Waals surface area contributed by atoms with Gasteiger partial charge in [-0.05, 0) is 18.6 Å². The number of halogens is 1. The van der Waals surface area contributed by atoms with Crippen LogP contribution in [0.1, 0.15) is 6.42 Å². The van der Waals surface area contributed by atoms with Crippen molar-refractivity contribution in [2.75, 3.05) is 37.9 Å². The van der Waals surface area contributed by atoms with E-state index in [1.807, 2.05) is 11.9 Å². The molecule has 0 aromatic carbocycles. The van der Waals surface area contributed by atoms with Gasteiger partial charge >= 0.3 is 0 Å². The summed E-state index contributed by atoms with van der Waals surface area (Å²) in [6.07, 6.45) is 2.41. The fourth-order valence-electron chi connectivity index (χ4n) is 1.37. The SMILES string of the molecule is CN(CCCBr)c1ccc(S(=O)(=O)N(C)C)cn1. The largest absolute Gasteiger partial charge is 0.360 e. The first kappa shape index (κ1) is 15.4. The maximum Gasteiger partial charge on any atom is 0.244 e. The van der Waals surface area contributed by atoms with E-state index in [0.29, 0.717) is 0 Å². The van der Waals surface area contributed by atoms with Gasteiger partial charge in [-0.3, -0.25) is 0 Å². The zero-order valence-corrected chi connectivity index (χ0v) is 13.2. The highest BCUT2D eigenvalue weighted by atomic mass is 79.9. The third-order valence-electron chi connectivity index (χ3n) is 2.52. The Hall–Kier alpha value is -0.660. The number of hydrogen-bond acceptors (Lipinski definition) is 4. The van der Waals surface area contributed by atoms with Crippen molar-refractivity contribution >= 4 is 31.8 Å². The zero-order chi connectivity index (χ0) is 13.8. The Morgan fingerprint density at radius 2 is 1.94 bits per heavy atom. The summed E-state index contributed by atoms with van der Waals surface area (Å²) in [4.78, 5) is 6.39. The second-order valence-corrected chi connectivity index (χ2v) is 7.05. The van der Waals surface area contributed by atoms with Crippen LogP contribution in [0.5, 0.6) is 0 Å². The number of nitrogens with zero attached hydrogens (tertiary/aromatic N) is 3. The van der Waals surface area contributed by atoms with Crippen LogP contribution in [0.25, 0.3) is 0 Å². The van der Waals surface area contributed by atoms with Crippen molar-refractivity contribution in [1.29, 1.82) is 0 Å². The first-order valence-corrected chi connectivity index (χ1v) is 8.11. The number of anilines is 1. The molecule has 0 aliphatic rings. The number of aromatic nitrogens is 1. The average molecular weight is 336 g/mol. The van der Waals surface area contributed by atoms with Crippen molar-refractivity contribution in [3.8, 4) is 0 Å². The Morgan fingerprint density at radius 1 is 1.28 bits per heavy atom. The first-order chi connectivity index (χ1) is 8.39. The van der Waals surface area contributed by atoms with Crippen LogP contribution in [-0.4, -0.2) is 50.7 Å². The molecule has 0 fully saturated rings. The van der Waals surface area contributed by atoms with Crippen LogP contribution in [-0.2, 0) is 10.0 Å². The minimum absolute atomic E-state index is 0.213. The van der Waals surface area contributed by atoms with E-state index in [0.717, 1.165) is 24.1 Å². The molecule has 0 unspecified atom stereocenters. The van der Waals surface area contributed by atoms with Gasteiger partial charge in [-0.1, -0.05) is 15.9 Å². The minimum atomic E-state index is -3.39. The Labute approximate surface area is 117 Å². The van der Waals surface area contributed by atoms with Crippen LogP contribution in [0, 0.1) is 0 Å². The summed E-state index contributed by atoms with van der Waals surface area (Å²) >= 11 is 3.37. The monoisotopic (exact) mass is 335 g/mol. The van der Waals surface area contributed by atoms with Crippen LogP contribution >= 0.6 is 15.9 Å². The number of sulfonamides is 1. The quantitative estimate of drug-likeness (QED) is 0.740. The van der Waals surface area contributed by atoms with Gasteiger partial charge in [-0.25, -0.2) is 17.7 Å². The number of rotatable bonds is 6. The topological polar surface area (TPSA) is 53.5 Å². The van der Waals surface area contributed by atoms with E-state index >= 15 is 0 Å². The van der Waals surface area contributed by atoms with Gasteiger partial charge in [-0.15, -0.1) is 0 Å². The zero-order valence-electron chi connectivity index (χ0n) is 10.8. The van der Waals surface area contributed by atoms with E-state index in [1.54, 1.807) is 12.1 Å². The molecule has 1 rings (SSSR count). The Morgan fingerprint density at radius 3 is 2.39 bits per heavy atom.